The van der Waals surface area contributed by atoms with Gasteiger partial charge in [0.2, 0.25) is 5.91 Å². The van der Waals surface area contributed by atoms with Crippen molar-refractivity contribution in [2.45, 2.75) is 6.54 Å². The van der Waals surface area contributed by atoms with Gasteiger partial charge < -0.3 is 10.6 Å². The van der Waals surface area contributed by atoms with Crippen LogP contribution in [0.5, 0.6) is 0 Å². The lowest BCUT2D eigenvalue weighted by Gasteiger charge is -2.03. The van der Waals surface area contributed by atoms with Crippen LogP contribution in [-0.2, 0) is 11.3 Å². The molecular weight excluding hydrogens is 200 g/mol. The molecule has 0 fully saturated rings. The highest BCUT2D eigenvalue weighted by atomic mass is 35.5. The summed E-state index contributed by atoms with van der Waals surface area (Å²) >= 11 is 0. The Hall–Kier alpha value is -1.06. The van der Waals surface area contributed by atoms with Gasteiger partial charge in [-0.2, -0.15) is 0 Å². The van der Waals surface area contributed by atoms with E-state index in [1.165, 1.54) is 0 Å². The molecule has 0 saturated carbocycles. The molecule has 0 heterocycles. The fourth-order valence-corrected chi connectivity index (χ4v) is 1.02. The summed E-state index contributed by atoms with van der Waals surface area (Å²) in [5.74, 6) is 0.0198. The first kappa shape index (κ1) is 12.9. The summed E-state index contributed by atoms with van der Waals surface area (Å²) in [4.78, 5) is 11.0. The number of halogens is 1. The Kier molecular flexibility index (Phi) is 6.80. The second-order valence-corrected chi connectivity index (χ2v) is 2.79. The van der Waals surface area contributed by atoms with Gasteiger partial charge in [0.25, 0.3) is 0 Å². The normalized spacial score (nSPS) is 8.93. The van der Waals surface area contributed by atoms with Gasteiger partial charge in [-0.05, 0) is 12.6 Å². The average Bonchev–Trinajstić information content (AvgIpc) is 2.17. The minimum Gasteiger partial charge on any atom is -0.351 e. The summed E-state index contributed by atoms with van der Waals surface area (Å²) in [6.07, 6.45) is 0. The summed E-state index contributed by atoms with van der Waals surface area (Å²) in [5, 5.41) is 5.59. The van der Waals surface area contributed by atoms with Crippen LogP contribution in [0.2, 0.25) is 0 Å². The van der Waals surface area contributed by atoms with Crippen LogP contribution in [0.15, 0.2) is 30.3 Å². The highest BCUT2D eigenvalue weighted by Gasteiger charge is 1.97. The highest BCUT2D eigenvalue weighted by Crippen LogP contribution is 1.96. The van der Waals surface area contributed by atoms with Crippen molar-refractivity contribution < 1.29 is 4.79 Å². The van der Waals surface area contributed by atoms with Gasteiger partial charge in [0, 0.05) is 6.54 Å². The Balaban J connectivity index is 0.00000169. The number of carbonyl (C=O) groups excluding carboxylic acids is 1. The van der Waals surface area contributed by atoms with Crippen LogP contribution in [-0.4, -0.2) is 19.5 Å². The first-order valence-corrected chi connectivity index (χ1v) is 4.28. The second kappa shape index (κ2) is 7.35. The van der Waals surface area contributed by atoms with E-state index in [0.29, 0.717) is 13.1 Å². The Labute approximate surface area is 90.3 Å². The van der Waals surface area contributed by atoms with Gasteiger partial charge in [0.1, 0.15) is 0 Å². The van der Waals surface area contributed by atoms with E-state index in [9.17, 15) is 4.79 Å². The molecule has 2 N–H and O–H groups in total. The smallest absolute Gasteiger partial charge is 0.234 e. The van der Waals surface area contributed by atoms with Crippen molar-refractivity contribution in [3.63, 3.8) is 0 Å². The maximum Gasteiger partial charge on any atom is 0.234 e. The topological polar surface area (TPSA) is 41.1 Å². The van der Waals surface area contributed by atoms with Crippen molar-refractivity contribution >= 4 is 18.3 Å². The molecule has 0 bridgehead atoms. The molecule has 0 saturated heterocycles. The van der Waals surface area contributed by atoms with E-state index in [0.717, 1.165) is 5.56 Å². The third-order valence-corrected chi connectivity index (χ3v) is 1.67. The van der Waals surface area contributed by atoms with Crippen molar-refractivity contribution in [2.75, 3.05) is 13.6 Å². The molecule has 0 radical (unpaired) electrons. The maximum atomic E-state index is 11.0. The summed E-state index contributed by atoms with van der Waals surface area (Å²) in [6, 6.07) is 9.84. The van der Waals surface area contributed by atoms with Crippen LogP contribution >= 0.6 is 12.4 Å². The lowest BCUT2D eigenvalue weighted by Crippen LogP contribution is -2.31. The predicted molar refractivity (Wildman–Crippen MR) is 59.5 cm³/mol. The number of hydrogen-bond donors (Lipinski definition) is 2. The molecule has 0 aromatic heterocycles. The summed E-state index contributed by atoms with van der Waals surface area (Å²) in [7, 11) is 1.75. The van der Waals surface area contributed by atoms with E-state index in [-0.39, 0.29) is 18.3 Å². The van der Waals surface area contributed by atoms with Crippen LogP contribution < -0.4 is 10.6 Å². The van der Waals surface area contributed by atoms with E-state index in [1.807, 2.05) is 30.3 Å². The van der Waals surface area contributed by atoms with Crippen LogP contribution in [0.4, 0.5) is 0 Å². The Morgan fingerprint density at radius 3 is 2.50 bits per heavy atom. The van der Waals surface area contributed by atoms with Gasteiger partial charge in [0.05, 0.1) is 6.54 Å². The van der Waals surface area contributed by atoms with E-state index in [2.05, 4.69) is 10.6 Å². The summed E-state index contributed by atoms with van der Waals surface area (Å²) in [6.45, 7) is 0.966. The molecule has 1 amide bonds. The quantitative estimate of drug-likeness (QED) is 0.784. The van der Waals surface area contributed by atoms with Gasteiger partial charge >= 0.3 is 0 Å². The molecule has 0 aliphatic heterocycles. The molecule has 1 rings (SSSR count). The second-order valence-electron chi connectivity index (χ2n) is 2.79. The van der Waals surface area contributed by atoms with E-state index >= 15 is 0 Å². The first-order chi connectivity index (χ1) is 6.33. The zero-order valence-electron chi connectivity index (χ0n) is 8.12. The van der Waals surface area contributed by atoms with Gasteiger partial charge in [0.15, 0.2) is 0 Å². The fourth-order valence-electron chi connectivity index (χ4n) is 1.02. The SMILES string of the molecule is CNCC(=O)NCc1ccccc1.Cl. The number of nitrogens with one attached hydrogen (secondary N) is 2. The molecule has 1 aromatic carbocycles. The number of carbonyl (C=O) groups is 1. The molecule has 0 aliphatic rings. The van der Waals surface area contributed by atoms with E-state index in [4.69, 9.17) is 0 Å². The van der Waals surface area contributed by atoms with Gasteiger partial charge in [-0.15, -0.1) is 12.4 Å². The third kappa shape index (κ3) is 4.84. The molecule has 0 unspecified atom stereocenters. The van der Waals surface area contributed by atoms with Gasteiger partial charge in [-0.3, -0.25) is 4.79 Å². The summed E-state index contributed by atoms with van der Waals surface area (Å²) < 4.78 is 0. The molecule has 14 heavy (non-hydrogen) atoms. The van der Waals surface area contributed by atoms with Crippen LogP contribution in [0.3, 0.4) is 0 Å². The predicted octanol–water partition coefficient (Wildman–Crippen LogP) is 0.944. The zero-order chi connectivity index (χ0) is 9.52. The van der Waals surface area contributed by atoms with Crippen molar-refractivity contribution in [3.8, 4) is 0 Å². The number of rotatable bonds is 4. The molecule has 0 spiro atoms. The standard InChI is InChI=1S/C10H14N2O.ClH/c1-11-8-10(13)12-7-9-5-3-2-4-6-9;/h2-6,11H,7-8H2,1H3,(H,12,13);1H. The number of likely N-dealkylation sites (N-methyl/N-ethyl adjacent to an activating group) is 1. The molecule has 78 valence electrons. The molecule has 0 atom stereocenters. The van der Waals surface area contributed by atoms with Crippen LogP contribution in [0.1, 0.15) is 5.56 Å². The van der Waals surface area contributed by atoms with E-state index in [1.54, 1.807) is 7.05 Å². The lowest BCUT2D eigenvalue weighted by molar-refractivity contribution is -0.120. The number of hydrogen-bond acceptors (Lipinski definition) is 2. The van der Waals surface area contributed by atoms with Crippen molar-refractivity contribution in [1.82, 2.24) is 10.6 Å². The minimum absolute atomic E-state index is 0. The lowest BCUT2D eigenvalue weighted by atomic mass is 10.2. The Morgan fingerprint density at radius 1 is 1.29 bits per heavy atom. The fraction of sp³-hybridized carbons (Fsp3) is 0.300. The average molecular weight is 215 g/mol. The molecule has 3 nitrogen and oxygen atoms in total. The molecule has 4 heteroatoms. The third-order valence-electron chi connectivity index (χ3n) is 1.67. The van der Waals surface area contributed by atoms with Crippen LogP contribution in [0.25, 0.3) is 0 Å². The molecule has 0 aliphatic carbocycles. The van der Waals surface area contributed by atoms with Crippen molar-refractivity contribution in [1.29, 1.82) is 0 Å². The van der Waals surface area contributed by atoms with Crippen molar-refractivity contribution in [2.24, 2.45) is 0 Å². The van der Waals surface area contributed by atoms with Gasteiger partial charge in [-0.1, -0.05) is 30.3 Å². The van der Waals surface area contributed by atoms with Crippen molar-refractivity contribution in [3.05, 3.63) is 35.9 Å². The monoisotopic (exact) mass is 214 g/mol. The number of amides is 1. The largest absolute Gasteiger partial charge is 0.351 e. The molecular formula is C10H15ClN2O. The first-order valence-electron chi connectivity index (χ1n) is 4.28. The summed E-state index contributed by atoms with van der Waals surface area (Å²) in [5.41, 5.74) is 1.12. The van der Waals surface area contributed by atoms with Gasteiger partial charge in [-0.25, -0.2) is 0 Å². The highest BCUT2D eigenvalue weighted by molar-refractivity contribution is 5.85. The zero-order valence-corrected chi connectivity index (χ0v) is 8.93. The number of benzene rings is 1. The molecule has 1 aromatic rings. The van der Waals surface area contributed by atoms with Crippen LogP contribution in [0, 0.1) is 0 Å². The minimum atomic E-state index is 0. The van der Waals surface area contributed by atoms with E-state index < -0.39 is 0 Å². The Bertz CT molecular complexity index is 264. The maximum absolute atomic E-state index is 11.0. The Morgan fingerprint density at radius 2 is 1.93 bits per heavy atom.